The summed E-state index contributed by atoms with van der Waals surface area (Å²) in [6, 6.07) is 2.21. The molecule has 2 radical (unpaired) electrons. The molecule has 0 heterocycles. The largest absolute Gasteiger partial charge is 0.0876 e. The predicted octanol–water partition coefficient (Wildman–Crippen LogP) is 3.18. The summed E-state index contributed by atoms with van der Waals surface area (Å²) in [7, 11) is 5.71. The summed E-state index contributed by atoms with van der Waals surface area (Å²) in [5.41, 5.74) is 6.68. The lowest BCUT2D eigenvalue weighted by Crippen LogP contribution is -2.00. The molecule has 0 saturated carbocycles. The third-order valence-electron chi connectivity index (χ3n) is 2.63. The van der Waals surface area contributed by atoms with Gasteiger partial charge in [0.15, 0.2) is 0 Å². The van der Waals surface area contributed by atoms with E-state index in [1.54, 1.807) is 0 Å². The quantitative estimate of drug-likeness (QED) is 0.547. The minimum atomic E-state index is 0.637. The summed E-state index contributed by atoms with van der Waals surface area (Å²) in [5.74, 6) is 0. The van der Waals surface area contributed by atoms with Gasteiger partial charge < -0.3 is 0 Å². The van der Waals surface area contributed by atoms with E-state index in [1.807, 2.05) is 0 Å². The molecule has 1 aromatic rings. The summed E-state index contributed by atoms with van der Waals surface area (Å²) >= 11 is 3.51. The molecule has 0 spiro atoms. The molecule has 0 N–H and O–H groups in total. The van der Waals surface area contributed by atoms with Crippen LogP contribution in [0.3, 0.4) is 0 Å². The van der Waals surface area contributed by atoms with Crippen molar-refractivity contribution >= 4 is 23.8 Å². The molecule has 0 aliphatic rings. The van der Waals surface area contributed by atoms with Gasteiger partial charge in [0.05, 0.1) is 7.85 Å². The van der Waals surface area contributed by atoms with E-state index in [2.05, 4.69) is 42.8 Å². The standard InChI is InChI=1S/C11H14BBr/c1-7-4-8(2)11(6-13)9(3)10(7)5-12/h4H,5-6H2,1-3H3. The molecule has 0 nitrogen and oxygen atoms in total. The summed E-state index contributed by atoms with van der Waals surface area (Å²) in [6.45, 7) is 6.43. The molecule has 0 saturated heterocycles. The Labute approximate surface area is 90.3 Å². The topological polar surface area (TPSA) is 0 Å². The van der Waals surface area contributed by atoms with Gasteiger partial charge in [-0.05, 0) is 43.0 Å². The highest BCUT2D eigenvalue weighted by atomic mass is 79.9. The van der Waals surface area contributed by atoms with Crippen molar-refractivity contribution < 1.29 is 0 Å². The lowest BCUT2D eigenvalue weighted by molar-refractivity contribution is 1.15. The number of hydrogen-bond acceptors (Lipinski definition) is 0. The number of hydrogen-bond donors (Lipinski definition) is 0. The Bertz CT molecular complexity index is 290. The lowest BCUT2D eigenvalue weighted by atomic mass is 9.86. The summed E-state index contributed by atoms with van der Waals surface area (Å²) in [4.78, 5) is 0. The van der Waals surface area contributed by atoms with Crippen LogP contribution in [0, 0.1) is 20.8 Å². The summed E-state index contributed by atoms with van der Waals surface area (Å²) in [6.07, 6.45) is 0.637. The first-order valence-corrected chi connectivity index (χ1v) is 5.58. The summed E-state index contributed by atoms with van der Waals surface area (Å²) < 4.78 is 0. The molecular weight excluding hydrogens is 223 g/mol. The van der Waals surface area contributed by atoms with Crippen LogP contribution >= 0.6 is 15.9 Å². The van der Waals surface area contributed by atoms with E-state index in [0.29, 0.717) is 6.32 Å². The van der Waals surface area contributed by atoms with Gasteiger partial charge >= 0.3 is 0 Å². The van der Waals surface area contributed by atoms with Crippen LogP contribution in [0.4, 0.5) is 0 Å². The van der Waals surface area contributed by atoms with E-state index < -0.39 is 0 Å². The van der Waals surface area contributed by atoms with Crippen molar-refractivity contribution in [3.05, 3.63) is 33.9 Å². The molecule has 0 bridgehead atoms. The van der Waals surface area contributed by atoms with E-state index in [9.17, 15) is 0 Å². The van der Waals surface area contributed by atoms with Crippen molar-refractivity contribution in [3.63, 3.8) is 0 Å². The second kappa shape index (κ2) is 4.32. The summed E-state index contributed by atoms with van der Waals surface area (Å²) in [5, 5.41) is 0.915. The molecule has 0 unspecified atom stereocenters. The smallest absolute Gasteiger partial charge is 0.0716 e. The first-order valence-electron chi connectivity index (χ1n) is 4.46. The molecular formula is C11H14BBr. The van der Waals surface area contributed by atoms with E-state index in [1.165, 1.54) is 27.8 Å². The number of halogens is 1. The van der Waals surface area contributed by atoms with Gasteiger partial charge in [-0.15, -0.1) is 0 Å². The van der Waals surface area contributed by atoms with Crippen LogP contribution in [0.2, 0.25) is 0 Å². The fourth-order valence-electron chi connectivity index (χ4n) is 1.79. The van der Waals surface area contributed by atoms with E-state index in [4.69, 9.17) is 7.85 Å². The molecule has 0 aliphatic heterocycles. The van der Waals surface area contributed by atoms with E-state index in [-0.39, 0.29) is 0 Å². The van der Waals surface area contributed by atoms with Gasteiger partial charge in [0, 0.05) is 5.33 Å². The van der Waals surface area contributed by atoms with Gasteiger partial charge in [-0.2, -0.15) is 0 Å². The van der Waals surface area contributed by atoms with Crippen molar-refractivity contribution in [1.29, 1.82) is 0 Å². The third kappa shape index (κ3) is 1.99. The minimum absolute atomic E-state index is 0.637. The molecule has 0 atom stereocenters. The number of alkyl halides is 1. The molecule has 0 aromatic heterocycles. The number of benzene rings is 1. The molecule has 0 amide bonds. The maximum atomic E-state index is 5.71. The van der Waals surface area contributed by atoms with Crippen LogP contribution in [0.1, 0.15) is 27.8 Å². The Morgan fingerprint density at radius 2 is 1.69 bits per heavy atom. The minimum Gasteiger partial charge on any atom is -0.0876 e. The highest BCUT2D eigenvalue weighted by Crippen LogP contribution is 2.23. The Balaban J connectivity index is 3.39. The Kier molecular flexibility index (Phi) is 3.60. The Hall–Kier alpha value is -0.235. The average Bonchev–Trinajstić information content (AvgIpc) is 2.04. The number of aryl methyl sites for hydroxylation is 2. The Morgan fingerprint density at radius 1 is 1.15 bits per heavy atom. The third-order valence-corrected chi connectivity index (χ3v) is 3.19. The van der Waals surface area contributed by atoms with E-state index in [0.717, 1.165) is 5.33 Å². The van der Waals surface area contributed by atoms with Crippen LogP contribution in [0.25, 0.3) is 0 Å². The van der Waals surface area contributed by atoms with Crippen LogP contribution in [0.15, 0.2) is 6.07 Å². The van der Waals surface area contributed by atoms with E-state index >= 15 is 0 Å². The molecule has 1 rings (SSSR count). The molecule has 0 fully saturated rings. The van der Waals surface area contributed by atoms with Crippen molar-refractivity contribution in [2.75, 3.05) is 0 Å². The van der Waals surface area contributed by atoms with Crippen LogP contribution in [0.5, 0.6) is 0 Å². The van der Waals surface area contributed by atoms with Gasteiger partial charge in [0.1, 0.15) is 0 Å². The van der Waals surface area contributed by atoms with Gasteiger partial charge in [-0.1, -0.05) is 33.9 Å². The second-order valence-electron chi connectivity index (χ2n) is 3.43. The highest BCUT2D eigenvalue weighted by Gasteiger charge is 2.07. The van der Waals surface area contributed by atoms with Crippen molar-refractivity contribution in [2.45, 2.75) is 32.4 Å². The Morgan fingerprint density at radius 3 is 2.15 bits per heavy atom. The van der Waals surface area contributed by atoms with Gasteiger partial charge in [0.2, 0.25) is 0 Å². The van der Waals surface area contributed by atoms with Gasteiger partial charge in [0.25, 0.3) is 0 Å². The zero-order valence-corrected chi connectivity index (χ0v) is 10.0. The molecule has 68 valence electrons. The van der Waals surface area contributed by atoms with Crippen LogP contribution in [-0.2, 0) is 11.7 Å². The molecule has 13 heavy (non-hydrogen) atoms. The first kappa shape index (κ1) is 10.8. The lowest BCUT2D eigenvalue weighted by Gasteiger charge is -2.14. The van der Waals surface area contributed by atoms with Crippen molar-refractivity contribution in [3.8, 4) is 0 Å². The number of rotatable bonds is 2. The first-order chi connectivity index (χ1) is 6.11. The van der Waals surface area contributed by atoms with Crippen molar-refractivity contribution in [1.82, 2.24) is 0 Å². The fourth-order valence-corrected chi connectivity index (χ4v) is 2.66. The molecule has 1 aromatic carbocycles. The predicted molar refractivity (Wildman–Crippen MR) is 62.7 cm³/mol. The average molecular weight is 237 g/mol. The van der Waals surface area contributed by atoms with Gasteiger partial charge in [-0.25, -0.2) is 0 Å². The normalized spacial score (nSPS) is 10.5. The maximum absolute atomic E-state index is 5.71. The SMILES string of the molecule is [B]Cc1c(C)cc(C)c(CBr)c1C. The maximum Gasteiger partial charge on any atom is 0.0716 e. The van der Waals surface area contributed by atoms with Crippen LogP contribution < -0.4 is 0 Å². The highest BCUT2D eigenvalue weighted by molar-refractivity contribution is 9.08. The van der Waals surface area contributed by atoms with Gasteiger partial charge in [-0.3, -0.25) is 0 Å². The monoisotopic (exact) mass is 236 g/mol. The molecule has 2 heteroatoms. The second-order valence-corrected chi connectivity index (χ2v) is 3.99. The van der Waals surface area contributed by atoms with Crippen molar-refractivity contribution in [2.24, 2.45) is 0 Å². The molecule has 0 aliphatic carbocycles. The van der Waals surface area contributed by atoms with Crippen LogP contribution in [-0.4, -0.2) is 7.85 Å². The zero-order chi connectivity index (χ0) is 10.0. The zero-order valence-electron chi connectivity index (χ0n) is 8.45. The fraction of sp³-hybridized carbons (Fsp3) is 0.455.